The number of nitrogens with zero attached hydrogens (tertiary/aromatic N) is 2. The van der Waals surface area contributed by atoms with Crippen molar-refractivity contribution in [1.29, 1.82) is 5.26 Å². The standard InChI is InChI=1S/C17H13F3N2O2/c18-17(19,20)24-16-7-2-1-5-12(16)8-9-15(23)13(11-21)14-6-3-4-10-22-14/h1-7,10,13H,8-9H2/t13-/m0/s1. The molecule has 2 rings (SSSR count). The van der Waals surface area contributed by atoms with Crippen molar-refractivity contribution in [3.05, 3.63) is 59.9 Å². The van der Waals surface area contributed by atoms with Crippen LogP contribution >= 0.6 is 0 Å². The Balaban J connectivity index is 2.08. The minimum absolute atomic E-state index is 0.0378. The number of para-hydroxylation sites is 1. The van der Waals surface area contributed by atoms with Crippen molar-refractivity contribution in [1.82, 2.24) is 4.98 Å². The number of hydrogen-bond donors (Lipinski definition) is 0. The number of rotatable bonds is 6. The second kappa shape index (κ2) is 7.59. The molecule has 0 saturated carbocycles. The van der Waals surface area contributed by atoms with Gasteiger partial charge in [0, 0.05) is 12.6 Å². The topological polar surface area (TPSA) is 63.0 Å². The van der Waals surface area contributed by atoms with Gasteiger partial charge in [0.15, 0.2) is 5.78 Å². The Morgan fingerprint density at radius 3 is 2.54 bits per heavy atom. The normalized spacial score (nSPS) is 12.2. The summed E-state index contributed by atoms with van der Waals surface area (Å²) in [5.74, 6) is -1.79. The van der Waals surface area contributed by atoms with Crippen molar-refractivity contribution in [3.8, 4) is 11.8 Å². The highest BCUT2D eigenvalue weighted by atomic mass is 19.4. The second-order valence-electron chi connectivity index (χ2n) is 4.94. The highest BCUT2D eigenvalue weighted by Crippen LogP contribution is 2.27. The molecule has 0 aliphatic rings. The Bertz CT molecular complexity index is 739. The van der Waals surface area contributed by atoms with Crippen molar-refractivity contribution in [2.45, 2.75) is 25.1 Å². The third kappa shape index (κ3) is 4.81. The van der Waals surface area contributed by atoms with Crippen molar-refractivity contribution in [3.63, 3.8) is 0 Å². The number of ether oxygens (including phenoxy) is 1. The van der Waals surface area contributed by atoms with E-state index in [1.54, 1.807) is 24.3 Å². The van der Waals surface area contributed by atoms with Gasteiger partial charge in [-0.2, -0.15) is 5.26 Å². The Morgan fingerprint density at radius 1 is 1.21 bits per heavy atom. The van der Waals surface area contributed by atoms with Crippen molar-refractivity contribution in [2.24, 2.45) is 0 Å². The van der Waals surface area contributed by atoms with E-state index in [1.165, 1.54) is 24.4 Å². The predicted octanol–water partition coefficient (Wildman–Crippen LogP) is 3.79. The van der Waals surface area contributed by atoms with Crippen LogP contribution in [0.1, 0.15) is 23.6 Å². The summed E-state index contributed by atoms with van der Waals surface area (Å²) < 4.78 is 41.1. The molecule has 0 spiro atoms. The minimum Gasteiger partial charge on any atom is -0.406 e. The molecule has 4 nitrogen and oxygen atoms in total. The quantitative estimate of drug-likeness (QED) is 0.806. The number of aromatic nitrogens is 1. The van der Waals surface area contributed by atoms with E-state index < -0.39 is 18.1 Å². The zero-order valence-electron chi connectivity index (χ0n) is 12.5. The predicted molar refractivity (Wildman–Crippen MR) is 79.0 cm³/mol. The lowest BCUT2D eigenvalue weighted by molar-refractivity contribution is -0.274. The van der Waals surface area contributed by atoms with Gasteiger partial charge in [0.05, 0.1) is 11.8 Å². The molecule has 7 heteroatoms. The van der Waals surface area contributed by atoms with E-state index in [-0.39, 0.29) is 24.2 Å². The molecule has 1 aromatic carbocycles. The van der Waals surface area contributed by atoms with E-state index >= 15 is 0 Å². The molecule has 0 amide bonds. The highest BCUT2D eigenvalue weighted by molar-refractivity contribution is 5.88. The van der Waals surface area contributed by atoms with Gasteiger partial charge in [-0.25, -0.2) is 0 Å². The summed E-state index contributed by atoms with van der Waals surface area (Å²) in [6, 6.07) is 12.4. The molecular formula is C17H13F3N2O2. The van der Waals surface area contributed by atoms with Gasteiger partial charge < -0.3 is 4.74 Å². The van der Waals surface area contributed by atoms with Crippen LogP contribution in [0.2, 0.25) is 0 Å². The van der Waals surface area contributed by atoms with Crippen LogP contribution in [0, 0.1) is 11.3 Å². The van der Waals surface area contributed by atoms with Gasteiger partial charge in [0.25, 0.3) is 0 Å². The third-order valence-corrected chi connectivity index (χ3v) is 3.27. The molecule has 1 heterocycles. The van der Waals surface area contributed by atoms with Crippen LogP contribution in [0.15, 0.2) is 48.7 Å². The number of carbonyl (C=O) groups is 1. The first-order valence-electron chi connectivity index (χ1n) is 7.07. The van der Waals surface area contributed by atoms with E-state index in [4.69, 9.17) is 0 Å². The summed E-state index contributed by atoms with van der Waals surface area (Å²) in [6.45, 7) is 0. The molecule has 0 unspecified atom stereocenters. The number of ketones is 1. The van der Waals surface area contributed by atoms with Crippen LogP contribution in [0.5, 0.6) is 5.75 Å². The highest BCUT2D eigenvalue weighted by Gasteiger charge is 2.32. The average Bonchev–Trinajstić information content (AvgIpc) is 2.54. The van der Waals surface area contributed by atoms with Crippen LogP contribution in [-0.4, -0.2) is 17.1 Å². The zero-order chi connectivity index (χ0) is 17.6. The fourth-order valence-corrected chi connectivity index (χ4v) is 2.19. The van der Waals surface area contributed by atoms with Gasteiger partial charge in [-0.1, -0.05) is 24.3 Å². The van der Waals surface area contributed by atoms with Gasteiger partial charge in [0.1, 0.15) is 11.7 Å². The SMILES string of the molecule is N#C[C@H](C(=O)CCc1ccccc1OC(F)(F)F)c1ccccn1. The Morgan fingerprint density at radius 2 is 1.92 bits per heavy atom. The molecule has 0 aliphatic carbocycles. The molecule has 0 radical (unpaired) electrons. The number of carbonyl (C=O) groups excluding carboxylic acids is 1. The van der Waals surface area contributed by atoms with Crippen LogP contribution in [-0.2, 0) is 11.2 Å². The maximum atomic E-state index is 12.4. The first-order chi connectivity index (χ1) is 11.4. The van der Waals surface area contributed by atoms with E-state index in [2.05, 4.69) is 9.72 Å². The number of pyridine rings is 1. The van der Waals surface area contributed by atoms with Crippen LogP contribution in [0.4, 0.5) is 13.2 Å². The van der Waals surface area contributed by atoms with E-state index in [0.717, 1.165) is 0 Å². The minimum atomic E-state index is -4.80. The molecule has 0 saturated heterocycles. The third-order valence-electron chi connectivity index (χ3n) is 3.27. The summed E-state index contributed by atoms with van der Waals surface area (Å²) in [7, 11) is 0. The Labute approximate surface area is 136 Å². The number of alkyl halides is 3. The molecule has 2 aromatic rings. The number of nitriles is 1. The maximum absolute atomic E-state index is 12.4. The Kier molecular flexibility index (Phi) is 5.53. The number of hydrogen-bond acceptors (Lipinski definition) is 4. The van der Waals surface area contributed by atoms with Crippen molar-refractivity contribution < 1.29 is 22.7 Å². The Hall–Kier alpha value is -2.88. The first kappa shape index (κ1) is 17.5. The smallest absolute Gasteiger partial charge is 0.406 e. The molecule has 24 heavy (non-hydrogen) atoms. The zero-order valence-corrected chi connectivity index (χ0v) is 12.5. The second-order valence-corrected chi connectivity index (χ2v) is 4.94. The molecule has 0 fully saturated rings. The summed E-state index contributed by atoms with van der Waals surface area (Å²) in [4.78, 5) is 16.2. The molecule has 124 valence electrons. The number of aryl methyl sites for hydroxylation is 1. The first-order valence-corrected chi connectivity index (χ1v) is 7.07. The van der Waals surface area contributed by atoms with Crippen molar-refractivity contribution in [2.75, 3.05) is 0 Å². The summed E-state index contributed by atoms with van der Waals surface area (Å²) in [5.41, 5.74) is 0.575. The number of Topliss-reactive ketones (excluding diaryl/α,β-unsaturated/α-hetero) is 1. The monoisotopic (exact) mass is 334 g/mol. The van der Waals surface area contributed by atoms with Crippen LogP contribution < -0.4 is 4.74 Å². The molecule has 0 N–H and O–H groups in total. The van der Waals surface area contributed by atoms with Gasteiger partial charge in [-0.05, 0) is 30.2 Å². The number of benzene rings is 1. The van der Waals surface area contributed by atoms with Crippen LogP contribution in [0.25, 0.3) is 0 Å². The lowest BCUT2D eigenvalue weighted by Crippen LogP contribution is -2.18. The van der Waals surface area contributed by atoms with E-state index in [9.17, 15) is 23.2 Å². The lowest BCUT2D eigenvalue weighted by atomic mass is 9.95. The summed E-state index contributed by atoms with van der Waals surface area (Å²) in [5, 5.41) is 9.17. The van der Waals surface area contributed by atoms with Gasteiger partial charge in [-0.3, -0.25) is 9.78 Å². The largest absolute Gasteiger partial charge is 0.573 e. The molecule has 0 bridgehead atoms. The van der Waals surface area contributed by atoms with Crippen LogP contribution in [0.3, 0.4) is 0 Å². The number of halogens is 3. The summed E-state index contributed by atoms with van der Waals surface area (Å²) >= 11 is 0. The molecule has 1 atom stereocenters. The molecular weight excluding hydrogens is 321 g/mol. The van der Waals surface area contributed by atoms with E-state index in [1.807, 2.05) is 6.07 Å². The molecule has 0 aliphatic heterocycles. The van der Waals surface area contributed by atoms with Gasteiger partial charge >= 0.3 is 6.36 Å². The lowest BCUT2D eigenvalue weighted by Gasteiger charge is -2.13. The average molecular weight is 334 g/mol. The van der Waals surface area contributed by atoms with Gasteiger partial charge in [0.2, 0.25) is 0 Å². The summed E-state index contributed by atoms with van der Waals surface area (Å²) in [6.07, 6.45) is -3.38. The fraction of sp³-hybridized carbons (Fsp3) is 0.235. The van der Waals surface area contributed by atoms with Gasteiger partial charge in [-0.15, -0.1) is 13.2 Å². The molecule has 1 aromatic heterocycles. The van der Waals surface area contributed by atoms with Crippen molar-refractivity contribution >= 4 is 5.78 Å². The van der Waals surface area contributed by atoms with E-state index in [0.29, 0.717) is 5.69 Å². The fourth-order valence-electron chi connectivity index (χ4n) is 2.19. The maximum Gasteiger partial charge on any atom is 0.573 e.